The van der Waals surface area contributed by atoms with E-state index in [4.69, 9.17) is 9.47 Å². The molecule has 3 aromatic rings. The zero-order chi connectivity index (χ0) is 21.3. The summed E-state index contributed by atoms with van der Waals surface area (Å²) >= 11 is 1.66. The van der Waals surface area contributed by atoms with E-state index in [1.807, 2.05) is 35.7 Å². The minimum atomic E-state index is -0.410. The fourth-order valence-electron chi connectivity index (χ4n) is 3.08. The molecular formula is C23H24N2O4S. The smallest absolute Gasteiger partial charge is 0.337 e. The lowest BCUT2D eigenvalue weighted by molar-refractivity contribution is -0.117. The summed E-state index contributed by atoms with van der Waals surface area (Å²) in [7, 11) is 2.98. The molecule has 0 saturated heterocycles. The number of methoxy groups -OCH3 is 2. The van der Waals surface area contributed by atoms with Crippen molar-refractivity contribution >= 4 is 28.9 Å². The van der Waals surface area contributed by atoms with Gasteiger partial charge < -0.3 is 14.8 Å². The predicted octanol–water partition coefficient (Wildman–Crippen LogP) is 4.18. The standard InChI is InChI=1S/C23H24N2O4S/c1-28-21-8-4-3-6-18(21)14-25(15-20-7-5-13-30-20)16-22(26)24-19-11-9-17(10-12-19)23(27)29-2/h3-13H,14-16H2,1-2H3,(H,24,26). The summed E-state index contributed by atoms with van der Waals surface area (Å²) in [6.07, 6.45) is 0. The predicted molar refractivity (Wildman–Crippen MR) is 118 cm³/mol. The van der Waals surface area contributed by atoms with Crippen LogP contribution in [-0.4, -0.2) is 37.5 Å². The van der Waals surface area contributed by atoms with Crippen LogP contribution in [0.25, 0.3) is 0 Å². The lowest BCUT2D eigenvalue weighted by Crippen LogP contribution is -2.32. The first-order chi connectivity index (χ1) is 14.6. The maximum atomic E-state index is 12.7. The third-order valence-electron chi connectivity index (χ3n) is 4.50. The van der Waals surface area contributed by atoms with Crippen LogP contribution >= 0.6 is 11.3 Å². The lowest BCUT2D eigenvalue weighted by Gasteiger charge is -2.22. The molecule has 0 bridgehead atoms. The van der Waals surface area contributed by atoms with E-state index in [1.165, 1.54) is 12.0 Å². The number of nitrogens with zero attached hydrogens (tertiary/aromatic N) is 1. The highest BCUT2D eigenvalue weighted by molar-refractivity contribution is 7.09. The van der Waals surface area contributed by atoms with Gasteiger partial charge >= 0.3 is 5.97 Å². The third kappa shape index (κ3) is 5.92. The number of anilines is 1. The summed E-state index contributed by atoms with van der Waals surface area (Å²) in [5, 5.41) is 4.92. The molecule has 1 N–H and O–H groups in total. The van der Waals surface area contributed by atoms with E-state index in [-0.39, 0.29) is 12.5 Å². The van der Waals surface area contributed by atoms with E-state index < -0.39 is 5.97 Å². The van der Waals surface area contributed by atoms with Gasteiger partial charge in [-0.25, -0.2) is 4.79 Å². The Labute approximate surface area is 180 Å². The van der Waals surface area contributed by atoms with Crippen molar-refractivity contribution in [1.82, 2.24) is 4.90 Å². The molecule has 0 fully saturated rings. The Bertz CT molecular complexity index is 971. The Morgan fingerprint density at radius 1 is 0.967 bits per heavy atom. The molecule has 1 aromatic heterocycles. The van der Waals surface area contributed by atoms with Crippen molar-refractivity contribution in [1.29, 1.82) is 0 Å². The van der Waals surface area contributed by atoms with Crippen LogP contribution in [-0.2, 0) is 22.6 Å². The SMILES string of the molecule is COC(=O)c1ccc(NC(=O)CN(Cc2cccs2)Cc2ccccc2OC)cc1. The van der Waals surface area contributed by atoms with Gasteiger partial charge in [0.2, 0.25) is 5.91 Å². The number of esters is 1. The van der Waals surface area contributed by atoms with Gasteiger partial charge in [0.1, 0.15) is 5.75 Å². The van der Waals surface area contributed by atoms with E-state index in [0.717, 1.165) is 11.3 Å². The summed E-state index contributed by atoms with van der Waals surface area (Å²) in [5.41, 5.74) is 2.08. The molecule has 0 unspecified atom stereocenters. The summed E-state index contributed by atoms with van der Waals surface area (Å²) in [4.78, 5) is 27.5. The molecule has 0 aliphatic heterocycles. The maximum Gasteiger partial charge on any atom is 0.337 e. The normalized spacial score (nSPS) is 10.6. The van der Waals surface area contributed by atoms with Gasteiger partial charge in [0.05, 0.1) is 26.3 Å². The minimum absolute atomic E-state index is 0.132. The third-order valence-corrected chi connectivity index (χ3v) is 5.36. The summed E-state index contributed by atoms with van der Waals surface area (Å²) in [5.74, 6) is 0.256. The first-order valence-corrected chi connectivity index (χ1v) is 10.3. The number of nitrogens with one attached hydrogen (secondary N) is 1. The van der Waals surface area contributed by atoms with Crippen molar-refractivity contribution in [2.24, 2.45) is 0 Å². The van der Waals surface area contributed by atoms with Crippen molar-refractivity contribution < 1.29 is 19.1 Å². The van der Waals surface area contributed by atoms with E-state index in [1.54, 1.807) is 42.7 Å². The van der Waals surface area contributed by atoms with Gasteiger partial charge in [-0.2, -0.15) is 0 Å². The first-order valence-electron chi connectivity index (χ1n) is 9.44. The molecule has 0 atom stereocenters. The van der Waals surface area contributed by atoms with Crippen LogP contribution < -0.4 is 10.1 Å². The lowest BCUT2D eigenvalue weighted by atomic mass is 10.2. The molecule has 7 heteroatoms. The summed E-state index contributed by atoms with van der Waals surface area (Å²) < 4.78 is 10.2. The van der Waals surface area contributed by atoms with Gasteiger partial charge in [0.25, 0.3) is 0 Å². The highest BCUT2D eigenvalue weighted by atomic mass is 32.1. The number of rotatable bonds is 9. The highest BCUT2D eigenvalue weighted by Crippen LogP contribution is 2.21. The molecule has 30 heavy (non-hydrogen) atoms. The van der Waals surface area contributed by atoms with E-state index in [2.05, 4.69) is 16.3 Å². The van der Waals surface area contributed by atoms with Crippen molar-refractivity contribution in [3.63, 3.8) is 0 Å². The number of carbonyl (C=O) groups is 2. The minimum Gasteiger partial charge on any atom is -0.496 e. The van der Waals surface area contributed by atoms with Crippen LogP contribution in [0.5, 0.6) is 5.75 Å². The van der Waals surface area contributed by atoms with Gasteiger partial charge in [-0.1, -0.05) is 24.3 Å². The van der Waals surface area contributed by atoms with Crippen LogP contribution in [0.1, 0.15) is 20.8 Å². The van der Waals surface area contributed by atoms with Gasteiger partial charge in [0, 0.05) is 29.2 Å². The quantitative estimate of drug-likeness (QED) is 0.522. The molecule has 1 amide bonds. The fraction of sp³-hybridized carbons (Fsp3) is 0.217. The van der Waals surface area contributed by atoms with Gasteiger partial charge in [-0.3, -0.25) is 9.69 Å². The molecule has 1 heterocycles. The van der Waals surface area contributed by atoms with E-state index in [9.17, 15) is 9.59 Å². The largest absolute Gasteiger partial charge is 0.496 e. The Kier molecular flexibility index (Phi) is 7.59. The molecule has 0 aliphatic carbocycles. The second-order valence-corrected chi connectivity index (χ2v) is 7.69. The summed E-state index contributed by atoms with van der Waals surface area (Å²) in [6.45, 7) is 1.45. The average molecular weight is 425 g/mol. The van der Waals surface area contributed by atoms with Crippen molar-refractivity contribution in [2.75, 3.05) is 26.1 Å². The summed E-state index contributed by atoms with van der Waals surface area (Å²) in [6, 6.07) is 18.5. The Balaban J connectivity index is 1.68. The van der Waals surface area contributed by atoms with Crippen LogP contribution in [0.4, 0.5) is 5.69 Å². The van der Waals surface area contributed by atoms with Crippen molar-refractivity contribution in [2.45, 2.75) is 13.1 Å². The highest BCUT2D eigenvalue weighted by Gasteiger charge is 2.15. The Hall–Kier alpha value is -3.16. The van der Waals surface area contributed by atoms with Gasteiger partial charge in [-0.15, -0.1) is 11.3 Å². The number of para-hydroxylation sites is 1. The van der Waals surface area contributed by atoms with Crippen LogP contribution in [0, 0.1) is 0 Å². The number of hydrogen-bond acceptors (Lipinski definition) is 6. The number of benzene rings is 2. The van der Waals surface area contributed by atoms with Crippen LogP contribution in [0.15, 0.2) is 66.0 Å². The van der Waals surface area contributed by atoms with Gasteiger partial charge in [-0.05, 0) is 41.8 Å². The zero-order valence-corrected chi connectivity index (χ0v) is 17.8. The fourth-order valence-corrected chi connectivity index (χ4v) is 3.82. The van der Waals surface area contributed by atoms with Crippen molar-refractivity contribution in [3.8, 4) is 5.75 Å². The Morgan fingerprint density at radius 3 is 2.40 bits per heavy atom. The van der Waals surface area contributed by atoms with Crippen LogP contribution in [0.3, 0.4) is 0 Å². The second-order valence-electron chi connectivity index (χ2n) is 6.65. The topological polar surface area (TPSA) is 67.9 Å². The molecule has 156 valence electrons. The maximum absolute atomic E-state index is 12.7. The van der Waals surface area contributed by atoms with E-state index >= 15 is 0 Å². The van der Waals surface area contributed by atoms with Gasteiger partial charge in [0.15, 0.2) is 0 Å². The number of hydrogen-bond donors (Lipinski definition) is 1. The van der Waals surface area contributed by atoms with Crippen LogP contribution in [0.2, 0.25) is 0 Å². The molecule has 0 aliphatic rings. The molecule has 3 rings (SSSR count). The average Bonchev–Trinajstić information content (AvgIpc) is 3.27. The van der Waals surface area contributed by atoms with E-state index in [0.29, 0.717) is 24.3 Å². The Morgan fingerprint density at radius 2 is 1.73 bits per heavy atom. The molecular weight excluding hydrogens is 400 g/mol. The molecule has 0 saturated carbocycles. The molecule has 6 nitrogen and oxygen atoms in total. The molecule has 2 aromatic carbocycles. The molecule has 0 spiro atoms. The molecule has 0 radical (unpaired) electrons. The number of ether oxygens (including phenoxy) is 2. The first kappa shape index (κ1) is 21.5. The van der Waals surface area contributed by atoms with Crippen molar-refractivity contribution in [3.05, 3.63) is 82.0 Å². The number of carbonyl (C=O) groups excluding carboxylic acids is 2. The zero-order valence-electron chi connectivity index (χ0n) is 17.0. The number of thiophene rings is 1. The number of amides is 1. The monoisotopic (exact) mass is 424 g/mol. The second kappa shape index (κ2) is 10.6.